The Morgan fingerprint density at radius 2 is 1.85 bits per heavy atom. The summed E-state index contributed by atoms with van der Waals surface area (Å²) in [4.78, 5) is 34.2. The van der Waals surface area contributed by atoms with Crippen LogP contribution in [0.5, 0.6) is 11.5 Å². The highest BCUT2D eigenvalue weighted by Gasteiger charge is 2.39. The van der Waals surface area contributed by atoms with Crippen LogP contribution in [-0.4, -0.2) is 47.4 Å². The Labute approximate surface area is 184 Å². The number of carbonyl (C=O) groups is 1. The van der Waals surface area contributed by atoms with Crippen molar-refractivity contribution < 1.29 is 27.4 Å². The number of aromatic amines is 1. The van der Waals surface area contributed by atoms with Crippen LogP contribution < -0.4 is 20.3 Å². The van der Waals surface area contributed by atoms with Crippen molar-refractivity contribution in [1.29, 1.82) is 0 Å². The van der Waals surface area contributed by atoms with Crippen LogP contribution in [0.2, 0.25) is 0 Å². The number of rotatable bonds is 4. The van der Waals surface area contributed by atoms with E-state index in [0.717, 1.165) is 0 Å². The molecule has 4 aromatic rings. The Morgan fingerprint density at radius 3 is 2.48 bits per heavy atom. The molecule has 2 atom stereocenters. The predicted octanol–water partition coefficient (Wildman–Crippen LogP) is 3.38. The van der Waals surface area contributed by atoms with Gasteiger partial charge in [0.25, 0.3) is 5.56 Å². The second-order valence-electron chi connectivity index (χ2n) is 7.98. The second-order valence-corrected chi connectivity index (χ2v) is 7.98. The Morgan fingerprint density at radius 1 is 1.18 bits per heavy atom. The molecule has 8 nitrogen and oxygen atoms in total. The number of methoxy groups -OCH3 is 2. The summed E-state index contributed by atoms with van der Waals surface area (Å²) >= 11 is 0. The van der Waals surface area contributed by atoms with Gasteiger partial charge in [-0.25, -0.2) is 4.98 Å². The molecule has 3 aromatic heterocycles. The van der Waals surface area contributed by atoms with Crippen LogP contribution in [0.25, 0.3) is 32.7 Å². The molecule has 1 aliphatic rings. The van der Waals surface area contributed by atoms with Gasteiger partial charge in [-0.05, 0) is 17.7 Å². The molecular formula is C22H19F3N4O4. The highest BCUT2D eigenvalue weighted by Crippen LogP contribution is 2.44. The SMILES string of the molecule is COc1cc2c(=O)n3c4c(cnc5[nH]cc(c54)C(C)C3C(=O)NCC(F)(F)F)c2cc1OC. The van der Waals surface area contributed by atoms with Gasteiger partial charge in [-0.3, -0.25) is 14.2 Å². The van der Waals surface area contributed by atoms with Crippen LogP contribution in [0, 0.1) is 0 Å². The topological polar surface area (TPSA) is 98.2 Å². The zero-order valence-electron chi connectivity index (χ0n) is 17.8. The minimum absolute atomic E-state index is 0.237. The molecule has 2 N–H and O–H groups in total. The lowest BCUT2D eigenvalue weighted by Crippen LogP contribution is -2.44. The van der Waals surface area contributed by atoms with Crippen molar-refractivity contribution in [3.05, 3.63) is 40.4 Å². The molecule has 0 radical (unpaired) electrons. The Kier molecular flexibility index (Phi) is 4.56. The van der Waals surface area contributed by atoms with Gasteiger partial charge in [-0.1, -0.05) is 6.92 Å². The van der Waals surface area contributed by atoms with E-state index in [2.05, 4.69) is 9.97 Å². The van der Waals surface area contributed by atoms with Gasteiger partial charge in [-0.15, -0.1) is 0 Å². The first-order chi connectivity index (χ1) is 15.7. The summed E-state index contributed by atoms with van der Waals surface area (Å²) in [6.07, 6.45) is -1.33. The maximum absolute atomic E-state index is 13.7. The van der Waals surface area contributed by atoms with E-state index in [9.17, 15) is 22.8 Å². The van der Waals surface area contributed by atoms with E-state index >= 15 is 0 Å². The van der Waals surface area contributed by atoms with Crippen molar-refractivity contribution in [1.82, 2.24) is 19.9 Å². The lowest BCUT2D eigenvalue weighted by molar-refractivity contribution is -0.140. The first kappa shape index (κ1) is 21.1. The fourth-order valence-electron chi connectivity index (χ4n) is 4.71. The van der Waals surface area contributed by atoms with Crippen molar-refractivity contribution in [3.8, 4) is 11.5 Å². The zero-order chi connectivity index (χ0) is 23.7. The van der Waals surface area contributed by atoms with Crippen LogP contribution in [0.1, 0.15) is 24.4 Å². The van der Waals surface area contributed by atoms with Crippen LogP contribution in [0.4, 0.5) is 13.2 Å². The molecule has 0 aliphatic carbocycles. The number of nitrogens with zero attached hydrogens (tertiary/aromatic N) is 2. The highest BCUT2D eigenvalue weighted by molar-refractivity contribution is 6.16. The molecule has 5 rings (SSSR count). The Bertz CT molecular complexity index is 1510. The van der Waals surface area contributed by atoms with E-state index < -0.39 is 36.1 Å². The largest absolute Gasteiger partial charge is 0.493 e. The fraction of sp³-hybridized carbons (Fsp3) is 0.318. The van der Waals surface area contributed by atoms with Crippen LogP contribution >= 0.6 is 0 Å². The van der Waals surface area contributed by atoms with Crippen molar-refractivity contribution in [3.63, 3.8) is 0 Å². The maximum Gasteiger partial charge on any atom is 0.405 e. The number of hydrogen-bond donors (Lipinski definition) is 2. The molecule has 4 heterocycles. The van der Waals surface area contributed by atoms with E-state index in [1.807, 2.05) is 5.32 Å². The van der Waals surface area contributed by atoms with Gasteiger partial charge in [0.2, 0.25) is 5.91 Å². The Balaban J connectivity index is 1.88. The average molecular weight is 460 g/mol. The van der Waals surface area contributed by atoms with Gasteiger partial charge in [-0.2, -0.15) is 13.2 Å². The number of alkyl halides is 3. The average Bonchev–Trinajstić information content (AvgIpc) is 3.22. The van der Waals surface area contributed by atoms with Crippen LogP contribution in [0.3, 0.4) is 0 Å². The molecule has 11 heteroatoms. The summed E-state index contributed by atoms with van der Waals surface area (Å²) in [5, 5.41) is 3.95. The van der Waals surface area contributed by atoms with Crippen molar-refractivity contribution >= 4 is 38.6 Å². The number of fused-ring (bicyclic) bond motifs is 2. The van der Waals surface area contributed by atoms with E-state index in [1.165, 1.54) is 24.9 Å². The molecule has 0 saturated carbocycles. The first-order valence-corrected chi connectivity index (χ1v) is 10.1. The summed E-state index contributed by atoms with van der Waals surface area (Å²) in [6, 6.07) is 1.98. The maximum atomic E-state index is 13.7. The number of halogens is 3. The number of carbonyl (C=O) groups excluding carboxylic acids is 1. The van der Waals surface area contributed by atoms with E-state index in [0.29, 0.717) is 44.4 Å². The van der Waals surface area contributed by atoms with Gasteiger partial charge < -0.3 is 19.8 Å². The van der Waals surface area contributed by atoms with E-state index in [1.54, 1.807) is 25.4 Å². The molecule has 0 fully saturated rings. The van der Waals surface area contributed by atoms with Gasteiger partial charge in [0.15, 0.2) is 11.5 Å². The van der Waals surface area contributed by atoms with Crippen molar-refractivity contribution in [2.75, 3.05) is 20.8 Å². The molecule has 33 heavy (non-hydrogen) atoms. The van der Waals surface area contributed by atoms with Crippen LogP contribution in [-0.2, 0) is 4.79 Å². The number of pyridine rings is 2. The normalized spacial score (nSPS) is 17.8. The minimum Gasteiger partial charge on any atom is -0.493 e. The summed E-state index contributed by atoms with van der Waals surface area (Å²) < 4.78 is 50.4. The zero-order valence-corrected chi connectivity index (χ0v) is 17.8. The highest BCUT2D eigenvalue weighted by atomic mass is 19.4. The number of aromatic nitrogens is 3. The standard InChI is InChI=1S/C22H19F3N4O4/c1-9-12-6-26-19-16(12)18-13(7-27-19)10-4-14(32-2)15(33-3)5-11(10)21(31)29(18)17(9)20(30)28-8-22(23,24)25/h4-7,9,17H,8H2,1-3H3,(H,26,27)(H,28,30). The summed E-state index contributed by atoms with van der Waals surface area (Å²) in [6.45, 7) is 0.213. The number of ether oxygens (including phenoxy) is 2. The molecule has 1 amide bonds. The van der Waals surface area contributed by atoms with E-state index in [-0.39, 0.29) is 5.39 Å². The van der Waals surface area contributed by atoms with E-state index in [4.69, 9.17) is 9.47 Å². The van der Waals surface area contributed by atoms with Crippen molar-refractivity contribution in [2.24, 2.45) is 0 Å². The van der Waals surface area contributed by atoms with Crippen LogP contribution in [0.15, 0.2) is 29.3 Å². The third-order valence-electron chi connectivity index (χ3n) is 6.18. The lowest BCUT2D eigenvalue weighted by atomic mass is 9.87. The third kappa shape index (κ3) is 3.02. The number of H-pyrrole nitrogens is 1. The number of amides is 1. The molecule has 0 saturated heterocycles. The second kappa shape index (κ2) is 7.12. The van der Waals surface area contributed by atoms with Gasteiger partial charge in [0.05, 0.1) is 25.1 Å². The molecular weight excluding hydrogens is 441 g/mol. The number of hydrogen-bond acceptors (Lipinski definition) is 5. The van der Waals surface area contributed by atoms with Crippen molar-refractivity contribution in [2.45, 2.75) is 25.1 Å². The Hall–Kier alpha value is -3.76. The minimum atomic E-state index is -4.58. The summed E-state index contributed by atoms with van der Waals surface area (Å²) in [5.74, 6) is -0.752. The molecule has 0 spiro atoms. The third-order valence-corrected chi connectivity index (χ3v) is 6.18. The first-order valence-electron chi connectivity index (χ1n) is 10.1. The lowest BCUT2D eigenvalue weighted by Gasteiger charge is -2.31. The van der Waals surface area contributed by atoms with Gasteiger partial charge >= 0.3 is 6.18 Å². The number of benzene rings is 1. The smallest absolute Gasteiger partial charge is 0.405 e. The van der Waals surface area contributed by atoms with Gasteiger partial charge in [0, 0.05) is 34.5 Å². The fourth-order valence-corrected chi connectivity index (χ4v) is 4.71. The summed E-state index contributed by atoms with van der Waals surface area (Å²) in [7, 11) is 2.90. The molecule has 172 valence electrons. The van der Waals surface area contributed by atoms with Gasteiger partial charge in [0.1, 0.15) is 18.2 Å². The molecule has 1 aliphatic heterocycles. The number of nitrogens with one attached hydrogen (secondary N) is 2. The predicted molar refractivity (Wildman–Crippen MR) is 115 cm³/mol. The quantitative estimate of drug-likeness (QED) is 0.455. The summed E-state index contributed by atoms with van der Waals surface area (Å²) in [5.41, 5.74) is 1.14. The molecule has 1 aromatic carbocycles. The molecule has 2 unspecified atom stereocenters. The monoisotopic (exact) mass is 460 g/mol. The molecule has 0 bridgehead atoms.